The van der Waals surface area contributed by atoms with Crippen molar-refractivity contribution in [2.24, 2.45) is 0 Å². The van der Waals surface area contributed by atoms with E-state index in [2.05, 4.69) is 4.74 Å². The fourth-order valence-electron chi connectivity index (χ4n) is 2.42. The molecule has 5 atom stereocenters. The van der Waals surface area contributed by atoms with Gasteiger partial charge in [-0.1, -0.05) is 0 Å². The molecule has 0 spiro atoms. The summed E-state index contributed by atoms with van der Waals surface area (Å²) in [4.78, 5) is 23.2. The zero-order chi connectivity index (χ0) is 18.9. The number of cyclic esters (lactones) is 1. The predicted molar refractivity (Wildman–Crippen MR) is 76.0 cm³/mol. The summed E-state index contributed by atoms with van der Waals surface area (Å²) in [6.45, 7) is 1.62. The van der Waals surface area contributed by atoms with Gasteiger partial charge in [-0.25, -0.2) is 9.59 Å². The van der Waals surface area contributed by atoms with Gasteiger partial charge in [0.1, 0.15) is 24.9 Å². The second-order valence-corrected chi connectivity index (χ2v) is 6.03. The molecule has 0 aromatic rings. The summed E-state index contributed by atoms with van der Waals surface area (Å²) in [5.41, 5.74) is 0. The average molecular weight is 364 g/mol. The summed E-state index contributed by atoms with van der Waals surface area (Å²) in [5.74, 6) is -5.33. The van der Waals surface area contributed by atoms with Gasteiger partial charge in [0.05, 0.1) is 6.61 Å². The maximum Gasteiger partial charge on any atom is 0.377 e. The van der Waals surface area contributed by atoms with Crippen molar-refractivity contribution in [3.63, 3.8) is 0 Å². The van der Waals surface area contributed by atoms with Crippen molar-refractivity contribution in [2.75, 3.05) is 13.2 Å². The fraction of sp³-hybridized carbons (Fsp3) is 0.714. The molecule has 0 saturated carbocycles. The molecule has 1 fully saturated rings. The lowest BCUT2D eigenvalue weighted by atomic mass is 10.1. The van der Waals surface area contributed by atoms with Gasteiger partial charge in [-0.05, 0) is 13.8 Å². The summed E-state index contributed by atoms with van der Waals surface area (Å²) >= 11 is 0. The van der Waals surface area contributed by atoms with Crippen LogP contribution >= 0.6 is 0 Å². The van der Waals surface area contributed by atoms with Gasteiger partial charge in [-0.15, -0.1) is 0 Å². The van der Waals surface area contributed by atoms with E-state index in [0.717, 1.165) is 0 Å². The topological polar surface area (TPSA) is 172 Å². The minimum atomic E-state index is -1.64. The summed E-state index contributed by atoms with van der Waals surface area (Å²) < 4.78 is 20.0. The van der Waals surface area contributed by atoms with Crippen molar-refractivity contribution < 1.29 is 54.1 Å². The van der Waals surface area contributed by atoms with Crippen molar-refractivity contribution in [3.8, 4) is 0 Å². The Labute approximate surface area is 142 Å². The first-order chi connectivity index (χ1) is 11.6. The lowest BCUT2D eigenvalue weighted by Gasteiger charge is -2.21. The first-order valence-corrected chi connectivity index (χ1v) is 7.39. The summed E-state index contributed by atoms with van der Waals surface area (Å²) in [6, 6.07) is 0. The summed E-state index contributed by atoms with van der Waals surface area (Å²) in [5, 5.41) is 47.2. The Morgan fingerprint density at radius 3 is 2.40 bits per heavy atom. The molecule has 0 amide bonds. The van der Waals surface area contributed by atoms with E-state index in [4.69, 9.17) is 24.4 Å². The van der Waals surface area contributed by atoms with Crippen molar-refractivity contribution in [1.82, 2.24) is 0 Å². The van der Waals surface area contributed by atoms with Crippen LogP contribution < -0.4 is 0 Å². The van der Waals surface area contributed by atoms with Crippen LogP contribution in [0.2, 0.25) is 0 Å². The van der Waals surface area contributed by atoms with E-state index in [-0.39, 0.29) is 0 Å². The van der Waals surface area contributed by atoms with Crippen LogP contribution in [0.3, 0.4) is 0 Å². The molecular formula is C14H20O11. The van der Waals surface area contributed by atoms with Gasteiger partial charge in [0.25, 0.3) is 0 Å². The summed E-state index contributed by atoms with van der Waals surface area (Å²) in [6.07, 6.45) is -7.17. The van der Waals surface area contributed by atoms with Crippen LogP contribution in [-0.2, 0) is 28.5 Å². The van der Waals surface area contributed by atoms with Gasteiger partial charge < -0.3 is 44.5 Å². The number of esters is 2. The molecule has 5 N–H and O–H groups in total. The van der Waals surface area contributed by atoms with E-state index < -0.39 is 73.0 Å². The molecule has 0 radical (unpaired) electrons. The third kappa shape index (κ3) is 4.02. The van der Waals surface area contributed by atoms with Crippen molar-refractivity contribution in [3.05, 3.63) is 11.5 Å². The number of aliphatic hydroxyl groups excluding tert-OH is 5. The highest BCUT2D eigenvalue weighted by Crippen LogP contribution is 2.31. The first kappa shape index (κ1) is 19.4. The molecule has 2 heterocycles. The molecule has 1 saturated heterocycles. The number of carbonyl (C=O) groups is 2. The van der Waals surface area contributed by atoms with E-state index >= 15 is 0 Å². The van der Waals surface area contributed by atoms with Crippen LogP contribution in [0.5, 0.6) is 0 Å². The lowest BCUT2D eigenvalue weighted by Crippen LogP contribution is -2.43. The van der Waals surface area contributed by atoms with Gasteiger partial charge in [0.15, 0.2) is 23.8 Å². The van der Waals surface area contributed by atoms with Crippen molar-refractivity contribution in [2.45, 2.75) is 50.2 Å². The van der Waals surface area contributed by atoms with Gasteiger partial charge in [0, 0.05) is 0 Å². The second-order valence-electron chi connectivity index (χ2n) is 6.03. The Bertz CT molecular complexity index is 569. The maximum absolute atomic E-state index is 12.1. The number of hydrogen-bond donors (Lipinski definition) is 5. The molecule has 0 aliphatic carbocycles. The highest BCUT2D eigenvalue weighted by atomic mass is 16.8. The molecule has 2 rings (SSSR count). The zero-order valence-corrected chi connectivity index (χ0v) is 13.5. The Balaban J connectivity index is 1.96. The molecule has 11 nitrogen and oxygen atoms in total. The van der Waals surface area contributed by atoms with Gasteiger partial charge in [0.2, 0.25) is 5.76 Å². The minimum absolute atomic E-state index is 0.674. The van der Waals surface area contributed by atoms with E-state index in [1.807, 2.05) is 0 Å². The third-order valence-electron chi connectivity index (χ3n) is 3.61. The number of hydrogen-bond acceptors (Lipinski definition) is 11. The van der Waals surface area contributed by atoms with Crippen molar-refractivity contribution >= 4 is 11.9 Å². The SMILES string of the molecule is CC1(C)O[C@H]([C@H](O)CO)[C@H](C(=O)OC[C@@H](O)[C@H]2OC(=O)C(O)=C2O)O1. The molecule has 2 aliphatic heterocycles. The van der Waals surface area contributed by atoms with Crippen LogP contribution in [-0.4, -0.2) is 87.0 Å². The minimum Gasteiger partial charge on any atom is -0.505 e. The van der Waals surface area contributed by atoms with Gasteiger partial charge >= 0.3 is 11.9 Å². The van der Waals surface area contributed by atoms with Gasteiger partial charge in [-0.3, -0.25) is 0 Å². The molecule has 25 heavy (non-hydrogen) atoms. The number of aliphatic hydroxyl groups is 5. The number of rotatable bonds is 6. The van der Waals surface area contributed by atoms with Crippen LogP contribution in [0.4, 0.5) is 0 Å². The second kappa shape index (κ2) is 7.14. The highest BCUT2D eigenvalue weighted by Gasteiger charge is 2.49. The van der Waals surface area contributed by atoms with E-state index in [9.17, 15) is 24.9 Å². The molecule has 11 heteroatoms. The van der Waals surface area contributed by atoms with Crippen LogP contribution in [0.1, 0.15) is 13.8 Å². The zero-order valence-electron chi connectivity index (χ0n) is 13.5. The normalized spacial score (nSPS) is 30.9. The van der Waals surface area contributed by atoms with Crippen LogP contribution in [0.25, 0.3) is 0 Å². The van der Waals surface area contributed by atoms with Crippen LogP contribution in [0.15, 0.2) is 11.5 Å². The standard InChI is InChI=1S/C14H20O11/c1-14(2)24-10(5(16)3-15)11(25-14)13(21)22-4-6(17)9-7(18)8(19)12(20)23-9/h5-6,9-11,15-19H,3-4H2,1-2H3/t5-,6-,9-,10-,11-/m1/s1. The van der Waals surface area contributed by atoms with E-state index in [1.54, 1.807) is 0 Å². The molecule has 0 aromatic heterocycles. The molecule has 2 aliphatic rings. The summed E-state index contributed by atoms with van der Waals surface area (Å²) in [7, 11) is 0. The molecular weight excluding hydrogens is 344 g/mol. The first-order valence-electron chi connectivity index (χ1n) is 7.39. The monoisotopic (exact) mass is 364 g/mol. The number of carbonyl (C=O) groups excluding carboxylic acids is 2. The molecule has 142 valence electrons. The maximum atomic E-state index is 12.1. The van der Waals surface area contributed by atoms with E-state index in [1.165, 1.54) is 13.8 Å². The predicted octanol–water partition coefficient (Wildman–Crippen LogP) is -1.98. The van der Waals surface area contributed by atoms with Crippen LogP contribution in [0, 0.1) is 0 Å². The molecule has 0 bridgehead atoms. The lowest BCUT2D eigenvalue weighted by molar-refractivity contribution is -0.175. The Morgan fingerprint density at radius 2 is 1.88 bits per heavy atom. The Kier molecular flexibility index (Phi) is 5.54. The van der Waals surface area contributed by atoms with Crippen molar-refractivity contribution in [1.29, 1.82) is 0 Å². The Hall–Kier alpha value is -1.92. The molecule has 0 aromatic carbocycles. The third-order valence-corrected chi connectivity index (χ3v) is 3.61. The highest BCUT2D eigenvalue weighted by molar-refractivity contribution is 5.89. The van der Waals surface area contributed by atoms with Gasteiger partial charge in [-0.2, -0.15) is 0 Å². The fourth-order valence-corrected chi connectivity index (χ4v) is 2.42. The number of ether oxygens (including phenoxy) is 4. The molecule has 0 unspecified atom stereocenters. The quantitative estimate of drug-likeness (QED) is 0.330. The smallest absolute Gasteiger partial charge is 0.377 e. The van der Waals surface area contributed by atoms with E-state index in [0.29, 0.717) is 0 Å². The Morgan fingerprint density at radius 1 is 1.24 bits per heavy atom. The largest absolute Gasteiger partial charge is 0.505 e. The average Bonchev–Trinajstić information content (AvgIpc) is 3.02.